The maximum absolute atomic E-state index is 13.0. The van der Waals surface area contributed by atoms with Crippen molar-refractivity contribution in [2.75, 3.05) is 17.3 Å². The highest BCUT2D eigenvalue weighted by Gasteiger charge is 2.38. The molecule has 0 saturated heterocycles. The lowest BCUT2D eigenvalue weighted by molar-refractivity contribution is -0.116. The number of hydrogen-bond donors (Lipinski definition) is 0. The molecule has 0 aliphatic rings. The van der Waals surface area contributed by atoms with E-state index in [1.807, 2.05) is 6.92 Å². The minimum Gasteiger partial charge on any atom is -0.299 e. The number of carbonyl (C=O) groups is 1. The molecule has 0 aliphatic heterocycles. The van der Waals surface area contributed by atoms with Crippen LogP contribution >= 0.6 is 10.3 Å². The van der Waals surface area contributed by atoms with Crippen LogP contribution in [-0.4, -0.2) is 35.1 Å². The van der Waals surface area contributed by atoms with Crippen LogP contribution in [0.1, 0.15) is 71.3 Å². The van der Waals surface area contributed by atoms with Crippen molar-refractivity contribution in [3.63, 3.8) is 0 Å². The van der Waals surface area contributed by atoms with E-state index in [1.165, 1.54) is 0 Å². The monoisotopic (exact) mass is 417 g/mol. The molecule has 1 N–H and O–H groups in total. The van der Waals surface area contributed by atoms with E-state index < -0.39 is 20.4 Å². The van der Waals surface area contributed by atoms with Gasteiger partial charge in [-0.05, 0) is 48.6 Å². The van der Waals surface area contributed by atoms with E-state index in [0.29, 0.717) is 12.2 Å². The zero-order valence-corrected chi connectivity index (χ0v) is 19.0. The predicted molar refractivity (Wildman–Crippen MR) is 118 cm³/mol. The molecule has 6 heteroatoms. The third-order valence-corrected chi connectivity index (χ3v) is 10.4. The summed E-state index contributed by atoms with van der Waals surface area (Å²) >= 11 is 0. The highest BCUT2D eigenvalue weighted by Crippen LogP contribution is 2.51. The summed E-state index contributed by atoms with van der Waals surface area (Å²) in [5, 5.41) is 0. The summed E-state index contributed by atoms with van der Waals surface area (Å²) in [6, 6.07) is 6.83. The summed E-state index contributed by atoms with van der Waals surface area (Å²) in [5.74, 6) is 1.94. The van der Waals surface area contributed by atoms with Crippen LogP contribution in [0.3, 0.4) is 0 Å². The minimum absolute atomic E-state index is 0.168. The standard InChI is InChI=1S/C21H36O4S2/c1-5-8-11-20(22)18-26(16-9-6-2,17-10-7-3)25-27(23,24)21-14-12-19(4)13-15-21/h12-15H,5-11,16-18H2,1-4H3/p+1. The number of hydrogen-bond acceptors (Lipinski definition) is 3. The van der Waals surface area contributed by atoms with Crippen LogP contribution in [0.2, 0.25) is 0 Å². The maximum atomic E-state index is 13.0. The number of benzene rings is 1. The minimum atomic E-state index is -3.75. The first-order valence-corrected chi connectivity index (χ1v) is 13.7. The molecule has 0 saturated carbocycles. The van der Waals surface area contributed by atoms with Crippen molar-refractivity contribution in [3.05, 3.63) is 29.8 Å². The van der Waals surface area contributed by atoms with Crippen molar-refractivity contribution in [1.82, 2.24) is 0 Å². The normalized spacial score (nSPS) is 12.9. The lowest BCUT2D eigenvalue weighted by Gasteiger charge is -2.33. The molecule has 0 atom stereocenters. The lowest BCUT2D eigenvalue weighted by atomic mass is 10.2. The summed E-state index contributed by atoms with van der Waals surface area (Å²) in [4.78, 5) is 12.8. The molecule has 0 heterocycles. The van der Waals surface area contributed by atoms with Gasteiger partial charge < -0.3 is 0 Å². The van der Waals surface area contributed by atoms with Crippen LogP contribution in [0.15, 0.2) is 29.2 Å². The average molecular weight is 418 g/mol. The van der Waals surface area contributed by atoms with Crippen molar-refractivity contribution in [1.29, 1.82) is 0 Å². The number of Topliss-reactive ketones (excluding diaryl/α,β-unsaturated/α-hetero) is 1. The first kappa shape index (κ1) is 24.2. The Labute approximate surface area is 167 Å². The number of ketones is 1. The Morgan fingerprint density at radius 1 is 0.889 bits per heavy atom. The van der Waals surface area contributed by atoms with Crippen molar-refractivity contribution in [2.45, 2.75) is 77.5 Å². The summed E-state index contributed by atoms with van der Waals surface area (Å²) in [6.07, 6.45) is 6.13. The average Bonchev–Trinajstić information content (AvgIpc) is 2.63. The molecular formula is C21H37O4S2+. The Bertz CT molecular complexity index is 658. The molecule has 0 amide bonds. The van der Waals surface area contributed by atoms with E-state index in [1.54, 1.807) is 24.3 Å². The fourth-order valence-corrected chi connectivity index (χ4v) is 9.07. The second-order valence-electron chi connectivity index (χ2n) is 7.26. The molecule has 0 bridgehead atoms. The number of unbranched alkanes of at least 4 members (excludes halogenated alkanes) is 3. The van der Waals surface area contributed by atoms with E-state index in [-0.39, 0.29) is 10.7 Å². The van der Waals surface area contributed by atoms with Gasteiger partial charge in [0.2, 0.25) is 0 Å². The van der Waals surface area contributed by atoms with Crippen LogP contribution in [0.4, 0.5) is 0 Å². The third kappa shape index (κ3) is 8.36. The lowest BCUT2D eigenvalue weighted by Crippen LogP contribution is -2.28. The van der Waals surface area contributed by atoms with Crippen molar-refractivity contribution in [3.8, 4) is 0 Å². The first-order chi connectivity index (χ1) is 12.8. The van der Waals surface area contributed by atoms with Crippen molar-refractivity contribution >= 4 is 26.2 Å². The molecular weight excluding hydrogens is 380 g/mol. The fraction of sp³-hybridized carbons (Fsp3) is 0.667. The molecule has 1 aromatic rings. The Morgan fingerprint density at radius 2 is 1.41 bits per heavy atom. The molecule has 1 rings (SSSR count). The number of carbonyl (C=O) groups excluding carboxylic acids is 1. The zero-order valence-electron chi connectivity index (χ0n) is 17.4. The van der Waals surface area contributed by atoms with Crippen LogP contribution < -0.4 is 0 Å². The third-order valence-electron chi connectivity index (χ3n) is 4.57. The second kappa shape index (κ2) is 11.9. The Hall–Kier alpha value is -0.850. The van der Waals surface area contributed by atoms with E-state index in [2.05, 4.69) is 24.4 Å². The molecule has 156 valence electrons. The SMILES string of the molecule is CCCCC(=O)CS(CCCC)(CCCC)[OH+]S(=O)(=O)c1ccc(C)cc1. The second-order valence-corrected chi connectivity index (χ2v) is 12.4. The van der Waals surface area contributed by atoms with Gasteiger partial charge in [-0.2, -0.15) is 0 Å². The van der Waals surface area contributed by atoms with Gasteiger partial charge in [-0.25, -0.2) is 0 Å². The van der Waals surface area contributed by atoms with Crippen LogP contribution in [0.25, 0.3) is 0 Å². The summed E-state index contributed by atoms with van der Waals surface area (Å²) in [5.41, 5.74) is 1.01. The quantitative estimate of drug-likeness (QED) is 0.281. The van der Waals surface area contributed by atoms with E-state index in [4.69, 9.17) is 0 Å². The molecule has 0 aliphatic carbocycles. The number of rotatable bonds is 14. The molecule has 27 heavy (non-hydrogen) atoms. The topological polar surface area (TPSA) is 64.0 Å². The Kier molecular flexibility index (Phi) is 10.6. The predicted octanol–water partition coefficient (Wildman–Crippen LogP) is 5.86. The molecule has 0 unspecified atom stereocenters. The Balaban J connectivity index is 3.15. The molecule has 0 radical (unpaired) electrons. The molecule has 1 aromatic carbocycles. The van der Waals surface area contributed by atoms with Gasteiger partial charge in [0.05, 0.1) is 5.75 Å². The van der Waals surface area contributed by atoms with E-state index in [9.17, 15) is 13.2 Å². The van der Waals surface area contributed by atoms with Crippen LogP contribution in [0.5, 0.6) is 0 Å². The summed E-state index contributed by atoms with van der Waals surface area (Å²) < 4.78 is 30.5. The van der Waals surface area contributed by atoms with Crippen LogP contribution in [-0.2, 0) is 14.9 Å². The van der Waals surface area contributed by atoms with Gasteiger partial charge in [-0.3, -0.25) is 8.42 Å². The fourth-order valence-electron chi connectivity index (χ4n) is 2.88. The van der Waals surface area contributed by atoms with Crippen molar-refractivity contribution in [2.24, 2.45) is 0 Å². The van der Waals surface area contributed by atoms with E-state index >= 15 is 0 Å². The highest BCUT2D eigenvalue weighted by atomic mass is 32.3. The van der Waals surface area contributed by atoms with Crippen molar-refractivity contribution < 1.29 is 16.8 Å². The highest BCUT2D eigenvalue weighted by molar-refractivity contribution is 8.32. The van der Waals surface area contributed by atoms with Gasteiger partial charge in [-0.1, -0.05) is 57.7 Å². The molecule has 0 fully saturated rings. The van der Waals surface area contributed by atoms with Crippen LogP contribution in [0, 0.1) is 6.92 Å². The smallest absolute Gasteiger partial charge is 0.299 e. The van der Waals surface area contributed by atoms with Gasteiger partial charge in [0.1, 0.15) is 10.7 Å². The molecule has 4 nitrogen and oxygen atoms in total. The van der Waals surface area contributed by atoms with Gasteiger partial charge in [-0.15, -0.1) is 8.42 Å². The van der Waals surface area contributed by atoms with Gasteiger partial charge >= 0.3 is 10.1 Å². The molecule has 0 spiro atoms. The number of aryl methyl sites for hydroxylation is 1. The maximum Gasteiger partial charge on any atom is 0.421 e. The zero-order chi connectivity index (χ0) is 20.3. The van der Waals surface area contributed by atoms with Gasteiger partial charge in [0.15, 0.2) is 0 Å². The Morgan fingerprint density at radius 3 is 1.89 bits per heavy atom. The van der Waals surface area contributed by atoms with Gasteiger partial charge in [0.25, 0.3) is 0 Å². The van der Waals surface area contributed by atoms with Gasteiger partial charge in [0, 0.05) is 17.9 Å². The summed E-state index contributed by atoms with van der Waals surface area (Å²) in [7, 11) is -5.63. The van der Waals surface area contributed by atoms with E-state index in [0.717, 1.165) is 55.6 Å². The molecule has 0 aromatic heterocycles. The largest absolute Gasteiger partial charge is 0.421 e. The first-order valence-electron chi connectivity index (χ1n) is 10.1. The summed E-state index contributed by atoms with van der Waals surface area (Å²) in [6.45, 7) is 8.18.